The molecular weight excluding hydrogens is 206 g/mol. The molecule has 102 valence electrons. The fourth-order valence-electron chi connectivity index (χ4n) is 3.05. The van der Waals surface area contributed by atoms with Crippen LogP contribution in [0.5, 0.6) is 0 Å². The Morgan fingerprint density at radius 2 is 1.65 bits per heavy atom. The van der Waals surface area contributed by atoms with Crippen molar-refractivity contribution < 1.29 is 0 Å². The van der Waals surface area contributed by atoms with Gasteiger partial charge in [-0.2, -0.15) is 0 Å². The van der Waals surface area contributed by atoms with E-state index >= 15 is 0 Å². The van der Waals surface area contributed by atoms with Crippen LogP contribution < -0.4 is 5.32 Å². The quantitative estimate of drug-likeness (QED) is 0.542. The minimum atomic E-state index is 0.620. The second-order valence-corrected chi connectivity index (χ2v) is 6.52. The van der Waals surface area contributed by atoms with E-state index in [9.17, 15) is 0 Å². The molecule has 1 nitrogen and oxygen atoms in total. The standard InChI is InChI=1S/C16H33N/c1-5-7-8-9-10-11-12-15(17-6-2)14-13-16(14,3)4/h14-15,17H,5-13H2,1-4H3. The lowest BCUT2D eigenvalue weighted by Crippen LogP contribution is -2.32. The molecule has 1 aliphatic rings. The van der Waals surface area contributed by atoms with Crippen LogP contribution in [0.2, 0.25) is 0 Å². The van der Waals surface area contributed by atoms with Gasteiger partial charge in [0.15, 0.2) is 0 Å². The molecule has 1 saturated carbocycles. The summed E-state index contributed by atoms with van der Waals surface area (Å²) in [4.78, 5) is 0. The Kier molecular flexibility index (Phi) is 6.54. The predicted molar refractivity (Wildman–Crippen MR) is 77.3 cm³/mol. The maximum Gasteiger partial charge on any atom is 0.0100 e. The first-order valence-electron chi connectivity index (χ1n) is 7.85. The van der Waals surface area contributed by atoms with Crippen molar-refractivity contribution in [2.24, 2.45) is 11.3 Å². The average molecular weight is 239 g/mol. The van der Waals surface area contributed by atoms with Gasteiger partial charge in [-0.25, -0.2) is 0 Å². The van der Waals surface area contributed by atoms with Crippen molar-refractivity contribution in [3.8, 4) is 0 Å². The monoisotopic (exact) mass is 239 g/mol. The van der Waals surface area contributed by atoms with Gasteiger partial charge < -0.3 is 5.32 Å². The van der Waals surface area contributed by atoms with E-state index < -0.39 is 0 Å². The van der Waals surface area contributed by atoms with Crippen molar-refractivity contribution in [3.05, 3.63) is 0 Å². The van der Waals surface area contributed by atoms with Crippen molar-refractivity contribution in [1.29, 1.82) is 0 Å². The molecule has 0 aliphatic heterocycles. The number of rotatable bonds is 10. The number of hydrogen-bond donors (Lipinski definition) is 1. The Morgan fingerprint density at radius 1 is 1.06 bits per heavy atom. The van der Waals surface area contributed by atoms with Crippen LogP contribution in [0.15, 0.2) is 0 Å². The maximum absolute atomic E-state index is 3.70. The molecule has 0 radical (unpaired) electrons. The zero-order chi connectivity index (χ0) is 12.7. The van der Waals surface area contributed by atoms with E-state index in [-0.39, 0.29) is 0 Å². The van der Waals surface area contributed by atoms with Gasteiger partial charge in [-0.05, 0) is 30.7 Å². The summed E-state index contributed by atoms with van der Waals surface area (Å²) in [6, 6.07) is 0.793. The third-order valence-corrected chi connectivity index (χ3v) is 4.41. The lowest BCUT2D eigenvalue weighted by Gasteiger charge is -2.19. The third-order valence-electron chi connectivity index (χ3n) is 4.41. The van der Waals surface area contributed by atoms with Crippen LogP contribution in [0, 0.1) is 11.3 Å². The summed E-state index contributed by atoms with van der Waals surface area (Å²) in [6.45, 7) is 10.5. The topological polar surface area (TPSA) is 12.0 Å². The van der Waals surface area contributed by atoms with Crippen LogP contribution in [0.25, 0.3) is 0 Å². The fraction of sp³-hybridized carbons (Fsp3) is 1.00. The van der Waals surface area contributed by atoms with Gasteiger partial charge in [0.2, 0.25) is 0 Å². The maximum atomic E-state index is 3.70. The number of unbranched alkanes of at least 4 members (excludes halogenated alkanes) is 5. The highest BCUT2D eigenvalue weighted by Gasteiger charge is 2.49. The molecule has 0 aromatic carbocycles. The summed E-state index contributed by atoms with van der Waals surface area (Å²) >= 11 is 0. The largest absolute Gasteiger partial charge is 0.314 e. The highest BCUT2D eigenvalue weighted by atomic mass is 14.9. The molecule has 0 saturated heterocycles. The molecule has 0 amide bonds. The first-order chi connectivity index (χ1) is 8.11. The fourth-order valence-corrected chi connectivity index (χ4v) is 3.05. The molecule has 1 rings (SSSR count). The van der Waals surface area contributed by atoms with Crippen LogP contribution >= 0.6 is 0 Å². The minimum Gasteiger partial charge on any atom is -0.314 e. The van der Waals surface area contributed by atoms with Gasteiger partial charge in [-0.15, -0.1) is 0 Å². The van der Waals surface area contributed by atoms with Crippen molar-refractivity contribution in [2.45, 2.75) is 85.1 Å². The Balaban J connectivity index is 2.09. The summed E-state index contributed by atoms with van der Waals surface area (Å²) in [5.74, 6) is 0.943. The second-order valence-electron chi connectivity index (χ2n) is 6.52. The van der Waals surface area contributed by atoms with Crippen LogP contribution in [-0.2, 0) is 0 Å². The normalized spacial score (nSPS) is 23.6. The van der Waals surface area contributed by atoms with E-state index in [1.165, 1.54) is 51.4 Å². The first kappa shape index (κ1) is 15.0. The molecule has 0 aromatic rings. The SMILES string of the molecule is CCCCCCCCC(NCC)C1CC1(C)C. The summed E-state index contributed by atoms with van der Waals surface area (Å²) < 4.78 is 0. The minimum absolute atomic E-state index is 0.620. The highest BCUT2D eigenvalue weighted by Crippen LogP contribution is 2.54. The van der Waals surface area contributed by atoms with Crippen molar-refractivity contribution in [1.82, 2.24) is 5.32 Å². The number of nitrogens with one attached hydrogen (secondary N) is 1. The average Bonchev–Trinajstić information content (AvgIpc) is 2.91. The summed E-state index contributed by atoms with van der Waals surface area (Å²) in [5, 5.41) is 3.70. The highest BCUT2D eigenvalue weighted by molar-refractivity contribution is 5.01. The van der Waals surface area contributed by atoms with Gasteiger partial charge in [0.25, 0.3) is 0 Å². The summed E-state index contributed by atoms with van der Waals surface area (Å²) in [5.41, 5.74) is 0.620. The van der Waals surface area contributed by atoms with E-state index in [1.807, 2.05) is 0 Å². The lowest BCUT2D eigenvalue weighted by atomic mass is 9.98. The van der Waals surface area contributed by atoms with E-state index in [0.717, 1.165) is 18.5 Å². The number of hydrogen-bond acceptors (Lipinski definition) is 1. The molecule has 17 heavy (non-hydrogen) atoms. The van der Waals surface area contributed by atoms with Crippen molar-refractivity contribution >= 4 is 0 Å². The van der Waals surface area contributed by atoms with Crippen LogP contribution in [-0.4, -0.2) is 12.6 Å². The van der Waals surface area contributed by atoms with E-state index in [4.69, 9.17) is 0 Å². The molecule has 0 heterocycles. The molecule has 0 aromatic heterocycles. The van der Waals surface area contributed by atoms with Crippen molar-refractivity contribution in [3.63, 3.8) is 0 Å². The predicted octanol–water partition coefficient (Wildman–Crippen LogP) is 4.76. The summed E-state index contributed by atoms with van der Waals surface area (Å²) in [6.07, 6.45) is 11.4. The van der Waals surface area contributed by atoms with E-state index in [2.05, 4.69) is 33.0 Å². The smallest absolute Gasteiger partial charge is 0.0100 e. The molecule has 1 fully saturated rings. The zero-order valence-corrected chi connectivity index (χ0v) is 12.5. The molecule has 0 bridgehead atoms. The molecule has 1 heteroatoms. The molecule has 2 unspecified atom stereocenters. The van der Waals surface area contributed by atoms with Crippen LogP contribution in [0.1, 0.15) is 79.1 Å². The first-order valence-corrected chi connectivity index (χ1v) is 7.85. The van der Waals surface area contributed by atoms with Crippen molar-refractivity contribution in [2.75, 3.05) is 6.54 Å². The Labute approximate surface area is 109 Å². The van der Waals surface area contributed by atoms with Crippen LogP contribution in [0.3, 0.4) is 0 Å². The van der Waals surface area contributed by atoms with Gasteiger partial charge in [0.05, 0.1) is 0 Å². The molecule has 1 aliphatic carbocycles. The molecular formula is C16H33N. The Morgan fingerprint density at radius 3 is 2.18 bits per heavy atom. The molecule has 1 N–H and O–H groups in total. The van der Waals surface area contributed by atoms with Gasteiger partial charge in [-0.1, -0.05) is 66.2 Å². The molecule has 0 spiro atoms. The van der Waals surface area contributed by atoms with Gasteiger partial charge in [-0.3, -0.25) is 0 Å². The van der Waals surface area contributed by atoms with Gasteiger partial charge in [0.1, 0.15) is 0 Å². The summed E-state index contributed by atoms with van der Waals surface area (Å²) in [7, 11) is 0. The van der Waals surface area contributed by atoms with Crippen LogP contribution in [0.4, 0.5) is 0 Å². The third kappa shape index (κ3) is 5.42. The Hall–Kier alpha value is -0.0400. The zero-order valence-electron chi connectivity index (χ0n) is 12.5. The van der Waals surface area contributed by atoms with Gasteiger partial charge >= 0.3 is 0 Å². The lowest BCUT2D eigenvalue weighted by molar-refractivity contribution is 0.378. The molecule has 2 atom stereocenters. The van der Waals surface area contributed by atoms with Gasteiger partial charge in [0, 0.05) is 6.04 Å². The van der Waals surface area contributed by atoms with E-state index in [0.29, 0.717) is 5.41 Å². The Bertz CT molecular complexity index is 198. The second kappa shape index (κ2) is 7.41. The van der Waals surface area contributed by atoms with E-state index in [1.54, 1.807) is 0 Å².